The molecule has 2 unspecified atom stereocenters. The molecule has 0 fully saturated rings. The number of benzene rings is 4. The number of rotatable bonds is 8. The van der Waals surface area contributed by atoms with Gasteiger partial charge < -0.3 is 19.3 Å². The van der Waals surface area contributed by atoms with Gasteiger partial charge in [-0.05, 0) is 80.6 Å². The average Bonchev–Trinajstić information content (AvgIpc) is 3.15. The molecule has 4 aromatic carbocycles. The molecule has 7 heteroatoms. The van der Waals surface area contributed by atoms with Crippen molar-refractivity contribution in [2.75, 3.05) is 16.8 Å². The Morgan fingerprint density at radius 3 is 2.44 bits per heavy atom. The van der Waals surface area contributed by atoms with Crippen LogP contribution in [0.5, 0.6) is 0 Å². The molecule has 1 aliphatic heterocycles. The van der Waals surface area contributed by atoms with Crippen molar-refractivity contribution in [1.82, 2.24) is 0 Å². The molecule has 0 spiro atoms. The number of aryl methyl sites for hydroxylation is 3. The number of nitrogens with one attached hydrogen (secondary N) is 1. The highest BCUT2D eigenvalue weighted by Crippen LogP contribution is 2.40. The van der Waals surface area contributed by atoms with Gasteiger partial charge in [0.15, 0.2) is 9.03 Å². The first-order valence-corrected chi connectivity index (χ1v) is 14.7. The molecule has 1 N–H and O–H groups in total. The monoisotopic (exact) mass is 566 g/mol. The van der Waals surface area contributed by atoms with Crippen molar-refractivity contribution in [3.8, 4) is 0 Å². The Morgan fingerprint density at radius 2 is 1.66 bits per heavy atom. The van der Waals surface area contributed by atoms with Gasteiger partial charge in [0.2, 0.25) is 0 Å². The predicted octanol–water partition coefficient (Wildman–Crippen LogP) is 8.09. The van der Waals surface area contributed by atoms with Crippen molar-refractivity contribution in [1.29, 1.82) is 0 Å². The highest BCUT2D eigenvalue weighted by atomic mass is 31.1. The molecule has 41 heavy (non-hydrogen) atoms. The van der Waals surface area contributed by atoms with Crippen LogP contribution in [0.3, 0.4) is 0 Å². The lowest BCUT2D eigenvalue weighted by molar-refractivity contribution is 0.0985. The molecule has 210 valence electrons. The van der Waals surface area contributed by atoms with Crippen LogP contribution < -0.4 is 10.2 Å². The summed E-state index contributed by atoms with van der Waals surface area (Å²) < 4.78 is 12.1. The van der Waals surface area contributed by atoms with E-state index in [4.69, 9.17) is 9.05 Å². The molecule has 0 radical (unpaired) electrons. The quantitative estimate of drug-likeness (QED) is 0.173. The maximum atomic E-state index is 13.9. The van der Waals surface area contributed by atoms with E-state index >= 15 is 0 Å². The molecule has 5 rings (SSSR count). The highest BCUT2D eigenvalue weighted by molar-refractivity contribution is 7.26. The van der Waals surface area contributed by atoms with Crippen LogP contribution in [0.15, 0.2) is 91.0 Å². The molecular weight excluding hydrogens is 531 g/mol. The predicted molar refractivity (Wildman–Crippen MR) is 166 cm³/mol. The fraction of sp³-hybridized carbons (Fsp3) is 0.235. The van der Waals surface area contributed by atoms with Crippen molar-refractivity contribution in [2.45, 2.75) is 46.3 Å². The van der Waals surface area contributed by atoms with Gasteiger partial charge in [0.25, 0.3) is 11.8 Å². The third-order valence-electron chi connectivity index (χ3n) is 7.35. The molecule has 0 aliphatic carbocycles. The summed E-state index contributed by atoms with van der Waals surface area (Å²) >= 11 is 0. The van der Waals surface area contributed by atoms with E-state index in [0.29, 0.717) is 30.0 Å². The maximum absolute atomic E-state index is 13.9. The van der Waals surface area contributed by atoms with Gasteiger partial charge in [-0.25, -0.2) is 0 Å². The largest absolute Gasteiger partial charge is 0.331 e. The number of carbonyl (C=O) groups is 2. The summed E-state index contributed by atoms with van der Waals surface area (Å²) in [6.45, 7) is 6.96. The van der Waals surface area contributed by atoms with Crippen LogP contribution in [0, 0.1) is 20.8 Å². The zero-order valence-electron chi connectivity index (χ0n) is 23.6. The van der Waals surface area contributed by atoms with Gasteiger partial charge in [-0.15, -0.1) is 0 Å². The van der Waals surface area contributed by atoms with Crippen LogP contribution in [0.2, 0.25) is 0 Å². The van der Waals surface area contributed by atoms with Crippen LogP contribution in [0.4, 0.5) is 11.4 Å². The molecular formula is C34H35N2O4P. The molecule has 0 saturated carbocycles. The lowest BCUT2D eigenvalue weighted by Crippen LogP contribution is -2.32. The molecule has 1 heterocycles. The standard InChI is InChI=1S/C34H35N2O4P/c1-23-15-18-31-30(20-23)32(40-41-39-22-26-11-5-4-6-12-26)14-9-19-36(31)34(38)29-17-16-27(21-25(29)3)35-33(37)28-13-8-7-10-24(28)2/h4-8,10-13,15-18,20-21,32,41H,9,14,19,22H2,1-3H3,(H,35,37). The molecule has 1 aliphatic rings. The highest BCUT2D eigenvalue weighted by Gasteiger charge is 2.29. The van der Waals surface area contributed by atoms with Crippen LogP contribution in [-0.2, 0) is 15.7 Å². The van der Waals surface area contributed by atoms with Gasteiger partial charge in [0, 0.05) is 34.6 Å². The van der Waals surface area contributed by atoms with Gasteiger partial charge in [0.05, 0.1) is 12.7 Å². The van der Waals surface area contributed by atoms with Crippen LogP contribution in [0.1, 0.15) is 67.5 Å². The Hall–Kier alpha value is -3.83. The SMILES string of the molecule is Cc1ccc2c(c1)C(OPOCc1ccccc1)CCCN2C(=O)c1ccc(NC(=O)c2ccccc2C)cc1C. The van der Waals surface area contributed by atoms with Crippen molar-refractivity contribution in [3.05, 3.63) is 130 Å². The Balaban J connectivity index is 1.31. The summed E-state index contributed by atoms with van der Waals surface area (Å²) in [5.74, 6) is -0.231. The van der Waals surface area contributed by atoms with E-state index < -0.39 is 0 Å². The second-order valence-electron chi connectivity index (χ2n) is 10.4. The summed E-state index contributed by atoms with van der Waals surface area (Å²) in [5, 5.41) is 2.97. The van der Waals surface area contributed by atoms with Gasteiger partial charge in [-0.3, -0.25) is 9.59 Å². The molecule has 6 nitrogen and oxygen atoms in total. The Bertz CT molecular complexity index is 1540. The number of carbonyl (C=O) groups excluding carboxylic acids is 2. The molecule has 0 bridgehead atoms. The lowest BCUT2D eigenvalue weighted by Gasteiger charge is -2.25. The summed E-state index contributed by atoms with van der Waals surface area (Å²) in [7, 11) is -0.101. The summed E-state index contributed by atoms with van der Waals surface area (Å²) in [6, 6.07) is 29.1. The first-order valence-electron chi connectivity index (χ1n) is 13.9. The van der Waals surface area contributed by atoms with Gasteiger partial charge in [0.1, 0.15) is 0 Å². The van der Waals surface area contributed by atoms with Crippen molar-refractivity contribution in [3.63, 3.8) is 0 Å². The third-order valence-corrected chi connectivity index (χ3v) is 7.99. The fourth-order valence-corrected chi connectivity index (χ4v) is 5.81. The molecule has 4 aromatic rings. The number of nitrogens with zero attached hydrogens (tertiary/aromatic N) is 1. The lowest BCUT2D eigenvalue weighted by atomic mass is 10.0. The van der Waals surface area contributed by atoms with Crippen LogP contribution >= 0.6 is 9.03 Å². The zero-order chi connectivity index (χ0) is 28.8. The molecule has 0 aromatic heterocycles. The van der Waals surface area contributed by atoms with E-state index in [1.807, 2.05) is 85.5 Å². The first kappa shape index (κ1) is 28.7. The summed E-state index contributed by atoms with van der Waals surface area (Å²) in [4.78, 5) is 28.6. The maximum Gasteiger partial charge on any atom is 0.258 e. The Kier molecular flexibility index (Phi) is 9.25. The minimum Gasteiger partial charge on any atom is -0.331 e. The Morgan fingerprint density at radius 1 is 0.878 bits per heavy atom. The topological polar surface area (TPSA) is 67.9 Å². The van der Waals surface area contributed by atoms with Gasteiger partial charge in [-0.1, -0.05) is 66.2 Å². The number of anilines is 2. The normalized spacial score (nSPS) is 15.0. The molecule has 2 amide bonds. The number of amides is 2. The summed E-state index contributed by atoms with van der Waals surface area (Å²) in [5.41, 5.74) is 7.71. The van der Waals surface area contributed by atoms with E-state index in [0.717, 1.165) is 46.3 Å². The summed E-state index contributed by atoms with van der Waals surface area (Å²) in [6.07, 6.45) is 1.44. The second-order valence-corrected chi connectivity index (χ2v) is 11.1. The smallest absolute Gasteiger partial charge is 0.258 e. The van der Waals surface area contributed by atoms with Gasteiger partial charge in [-0.2, -0.15) is 0 Å². The van der Waals surface area contributed by atoms with Crippen LogP contribution in [-0.4, -0.2) is 18.4 Å². The van der Waals surface area contributed by atoms with Crippen LogP contribution in [0.25, 0.3) is 0 Å². The minimum atomic E-state index is -0.169. The van der Waals surface area contributed by atoms with E-state index in [-0.39, 0.29) is 27.0 Å². The fourth-order valence-electron chi connectivity index (χ4n) is 5.15. The molecule has 0 saturated heterocycles. The van der Waals surface area contributed by atoms with E-state index in [1.54, 1.807) is 18.2 Å². The van der Waals surface area contributed by atoms with Gasteiger partial charge >= 0.3 is 0 Å². The first-order chi connectivity index (χ1) is 19.9. The number of hydrogen-bond donors (Lipinski definition) is 1. The van der Waals surface area contributed by atoms with Crippen molar-refractivity contribution < 1.29 is 18.6 Å². The minimum absolute atomic E-state index is 0.0622. The van der Waals surface area contributed by atoms with E-state index in [1.165, 1.54) is 0 Å². The van der Waals surface area contributed by atoms with Crippen molar-refractivity contribution in [2.24, 2.45) is 0 Å². The van der Waals surface area contributed by atoms with Crippen molar-refractivity contribution >= 4 is 32.2 Å². The Labute approximate surface area is 243 Å². The molecule has 2 atom stereocenters. The zero-order valence-corrected chi connectivity index (χ0v) is 24.6. The number of hydrogen-bond acceptors (Lipinski definition) is 4. The second kappa shape index (κ2) is 13.2. The third kappa shape index (κ3) is 6.91. The number of fused-ring (bicyclic) bond motifs is 1. The van der Waals surface area contributed by atoms with E-state index in [9.17, 15) is 9.59 Å². The van der Waals surface area contributed by atoms with E-state index in [2.05, 4.69) is 18.3 Å². The average molecular weight is 567 g/mol.